The van der Waals surface area contributed by atoms with Crippen molar-refractivity contribution in [2.75, 3.05) is 0 Å². The molecule has 2 aromatic rings. The molecule has 0 aromatic carbocycles. The van der Waals surface area contributed by atoms with Crippen molar-refractivity contribution in [2.24, 2.45) is 19.8 Å². The van der Waals surface area contributed by atoms with Gasteiger partial charge in [0.25, 0.3) is 5.56 Å². The van der Waals surface area contributed by atoms with Crippen molar-refractivity contribution in [1.82, 2.24) is 18.7 Å². The average Bonchev–Trinajstić information content (AvgIpc) is 2.77. The average molecular weight is 251 g/mol. The molecule has 1 unspecified atom stereocenters. The molecule has 0 aliphatic rings. The van der Waals surface area contributed by atoms with Gasteiger partial charge >= 0.3 is 5.69 Å². The molecule has 8 heteroatoms. The van der Waals surface area contributed by atoms with Crippen molar-refractivity contribution in [3.05, 3.63) is 27.2 Å². The zero-order valence-corrected chi connectivity index (χ0v) is 10.2. The predicted octanol–water partition coefficient (Wildman–Crippen LogP) is -1.52. The molecule has 0 saturated carbocycles. The van der Waals surface area contributed by atoms with E-state index in [0.717, 1.165) is 4.57 Å². The first kappa shape index (κ1) is 12.1. The highest BCUT2D eigenvalue weighted by molar-refractivity contribution is 5.81. The zero-order valence-electron chi connectivity index (χ0n) is 10.2. The molecule has 0 bridgehead atoms. The lowest BCUT2D eigenvalue weighted by Crippen LogP contribution is -2.38. The van der Waals surface area contributed by atoms with E-state index in [0.29, 0.717) is 0 Å². The van der Waals surface area contributed by atoms with Gasteiger partial charge in [0, 0.05) is 14.1 Å². The van der Waals surface area contributed by atoms with Crippen LogP contribution < -0.4 is 17.0 Å². The number of nitrogens with two attached hydrogens (primary N) is 1. The summed E-state index contributed by atoms with van der Waals surface area (Å²) >= 11 is 0. The summed E-state index contributed by atoms with van der Waals surface area (Å²) in [6, 6.07) is -0.708. The van der Waals surface area contributed by atoms with Crippen LogP contribution in [0.15, 0.2) is 15.9 Å². The Kier molecular flexibility index (Phi) is 2.57. The molecule has 1 atom stereocenters. The van der Waals surface area contributed by atoms with Crippen molar-refractivity contribution in [3.8, 4) is 0 Å². The standard InChI is InChI=1S/C10H13N5O3/c1-5(7(11)16)15-4-12-8-6(15)9(17)14(3)10(18)13(8)2/h4-5H,1-3H3,(H2,11,16). The third-order valence-electron chi connectivity index (χ3n) is 3.00. The largest absolute Gasteiger partial charge is 0.368 e. The second-order valence-corrected chi connectivity index (χ2v) is 4.11. The third-order valence-corrected chi connectivity index (χ3v) is 3.00. The maximum Gasteiger partial charge on any atom is 0.332 e. The summed E-state index contributed by atoms with van der Waals surface area (Å²) in [4.78, 5) is 38.9. The van der Waals surface area contributed by atoms with Gasteiger partial charge < -0.3 is 10.3 Å². The molecule has 0 aliphatic heterocycles. The third kappa shape index (κ3) is 1.45. The van der Waals surface area contributed by atoms with E-state index in [1.165, 1.54) is 29.6 Å². The minimum Gasteiger partial charge on any atom is -0.368 e. The van der Waals surface area contributed by atoms with Gasteiger partial charge in [-0.05, 0) is 6.92 Å². The van der Waals surface area contributed by atoms with E-state index in [2.05, 4.69) is 4.98 Å². The minimum absolute atomic E-state index is 0.186. The fourth-order valence-electron chi connectivity index (χ4n) is 1.79. The molecular weight excluding hydrogens is 238 g/mol. The molecule has 0 fully saturated rings. The number of aromatic nitrogens is 4. The van der Waals surface area contributed by atoms with E-state index in [-0.39, 0.29) is 11.2 Å². The number of hydrogen-bond donors (Lipinski definition) is 1. The van der Waals surface area contributed by atoms with Gasteiger partial charge in [-0.2, -0.15) is 0 Å². The Bertz CT molecular complexity index is 751. The van der Waals surface area contributed by atoms with Gasteiger partial charge in [0.1, 0.15) is 6.04 Å². The number of nitrogens with zero attached hydrogens (tertiary/aromatic N) is 4. The highest BCUT2D eigenvalue weighted by Gasteiger charge is 2.19. The Balaban J connectivity index is 2.95. The lowest BCUT2D eigenvalue weighted by atomic mass is 10.3. The molecule has 0 radical (unpaired) electrons. The summed E-state index contributed by atoms with van der Waals surface area (Å²) in [5, 5.41) is 0. The fourth-order valence-corrected chi connectivity index (χ4v) is 1.79. The highest BCUT2D eigenvalue weighted by Crippen LogP contribution is 2.12. The summed E-state index contributed by atoms with van der Waals surface area (Å²) in [5.74, 6) is -0.579. The van der Waals surface area contributed by atoms with Crippen molar-refractivity contribution in [3.63, 3.8) is 0 Å². The number of aryl methyl sites for hydroxylation is 1. The Morgan fingerprint density at radius 2 is 1.94 bits per heavy atom. The van der Waals surface area contributed by atoms with Crippen LogP contribution in [0, 0.1) is 0 Å². The number of amides is 1. The Labute approximate surface area is 101 Å². The first-order chi connectivity index (χ1) is 8.36. The smallest absolute Gasteiger partial charge is 0.332 e. The number of fused-ring (bicyclic) bond motifs is 1. The number of hydrogen-bond acceptors (Lipinski definition) is 4. The summed E-state index contributed by atoms with van der Waals surface area (Å²) in [5.41, 5.74) is 4.66. The van der Waals surface area contributed by atoms with Gasteiger partial charge in [-0.1, -0.05) is 0 Å². The van der Waals surface area contributed by atoms with Crippen molar-refractivity contribution >= 4 is 17.1 Å². The SMILES string of the molecule is CC(C(N)=O)n1cnc2c1c(=O)n(C)c(=O)n2C. The Hall–Kier alpha value is -2.38. The molecule has 1 amide bonds. The van der Waals surface area contributed by atoms with E-state index in [1.807, 2.05) is 0 Å². The van der Waals surface area contributed by atoms with Crippen LogP contribution in [0.3, 0.4) is 0 Å². The van der Waals surface area contributed by atoms with E-state index in [1.54, 1.807) is 6.92 Å². The van der Waals surface area contributed by atoms with Gasteiger partial charge in [0.05, 0.1) is 6.33 Å². The van der Waals surface area contributed by atoms with Crippen LogP contribution in [0.2, 0.25) is 0 Å². The Morgan fingerprint density at radius 3 is 2.50 bits per heavy atom. The lowest BCUT2D eigenvalue weighted by Gasteiger charge is -2.10. The van der Waals surface area contributed by atoms with Crippen LogP contribution in [0.1, 0.15) is 13.0 Å². The maximum absolute atomic E-state index is 12.0. The number of imidazole rings is 1. The summed E-state index contributed by atoms with van der Waals surface area (Å²) in [7, 11) is 2.88. The zero-order chi connectivity index (χ0) is 13.6. The van der Waals surface area contributed by atoms with Crippen LogP contribution in [-0.2, 0) is 18.9 Å². The van der Waals surface area contributed by atoms with Crippen LogP contribution >= 0.6 is 0 Å². The Morgan fingerprint density at radius 1 is 1.33 bits per heavy atom. The quantitative estimate of drug-likeness (QED) is 0.699. The maximum atomic E-state index is 12.0. The molecule has 0 saturated heterocycles. The van der Waals surface area contributed by atoms with Crippen molar-refractivity contribution in [1.29, 1.82) is 0 Å². The van der Waals surface area contributed by atoms with E-state index < -0.39 is 23.2 Å². The number of primary amides is 1. The highest BCUT2D eigenvalue weighted by atomic mass is 16.2. The van der Waals surface area contributed by atoms with Crippen LogP contribution in [0.4, 0.5) is 0 Å². The molecular formula is C10H13N5O3. The molecule has 0 aliphatic carbocycles. The fraction of sp³-hybridized carbons (Fsp3) is 0.400. The molecule has 2 N–H and O–H groups in total. The lowest BCUT2D eigenvalue weighted by molar-refractivity contribution is -0.120. The van der Waals surface area contributed by atoms with Crippen LogP contribution in [-0.4, -0.2) is 24.6 Å². The van der Waals surface area contributed by atoms with Crippen LogP contribution in [0.5, 0.6) is 0 Å². The normalized spacial score (nSPS) is 12.8. The van der Waals surface area contributed by atoms with Crippen molar-refractivity contribution in [2.45, 2.75) is 13.0 Å². The van der Waals surface area contributed by atoms with Gasteiger partial charge in [0.2, 0.25) is 5.91 Å². The van der Waals surface area contributed by atoms with E-state index in [9.17, 15) is 14.4 Å². The second kappa shape index (κ2) is 3.83. The molecule has 2 aromatic heterocycles. The van der Waals surface area contributed by atoms with Crippen molar-refractivity contribution < 1.29 is 4.79 Å². The second-order valence-electron chi connectivity index (χ2n) is 4.11. The van der Waals surface area contributed by atoms with Gasteiger partial charge in [0.15, 0.2) is 11.2 Å². The number of carbonyl (C=O) groups excluding carboxylic acids is 1. The van der Waals surface area contributed by atoms with E-state index >= 15 is 0 Å². The number of rotatable bonds is 2. The minimum atomic E-state index is -0.708. The van der Waals surface area contributed by atoms with Gasteiger partial charge in [-0.25, -0.2) is 9.78 Å². The molecule has 2 heterocycles. The number of carbonyl (C=O) groups is 1. The monoisotopic (exact) mass is 251 g/mol. The van der Waals surface area contributed by atoms with Gasteiger partial charge in [-0.3, -0.25) is 18.7 Å². The first-order valence-corrected chi connectivity index (χ1v) is 5.28. The summed E-state index contributed by atoms with van der Waals surface area (Å²) < 4.78 is 3.59. The first-order valence-electron chi connectivity index (χ1n) is 5.28. The molecule has 8 nitrogen and oxygen atoms in total. The topological polar surface area (TPSA) is 105 Å². The molecule has 0 spiro atoms. The summed E-state index contributed by atoms with van der Waals surface area (Å²) in [6.45, 7) is 1.56. The molecule has 96 valence electrons. The van der Waals surface area contributed by atoms with E-state index in [4.69, 9.17) is 5.73 Å². The molecule has 2 rings (SSSR count). The summed E-state index contributed by atoms with van der Waals surface area (Å²) in [6.07, 6.45) is 1.33. The van der Waals surface area contributed by atoms with Gasteiger partial charge in [-0.15, -0.1) is 0 Å². The predicted molar refractivity (Wildman–Crippen MR) is 64.1 cm³/mol. The molecule has 18 heavy (non-hydrogen) atoms. The van der Waals surface area contributed by atoms with Crippen LogP contribution in [0.25, 0.3) is 11.2 Å².